The summed E-state index contributed by atoms with van der Waals surface area (Å²) in [5.41, 5.74) is -2.10. The fourth-order valence-electron chi connectivity index (χ4n) is 3.25. The third-order valence-electron chi connectivity index (χ3n) is 5.36. The highest BCUT2D eigenvalue weighted by Gasteiger charge is 2.51. The highest BCUT2D eigenvalue weighted by atomic mass is 32.2. The van der Waals surface area contributed by atoms with Gasteiger partial charge in [0.05, 0.1) is 4.21 Å². The van der Waals surface area contributed by atoms with E-state index < -0.39 is 11.8 Å². The molecule has 1 saturated heterocycles. The van der Waals surface area contributed by atoms with Crippen LogP contribution in [0.3, 0.4) is 0 Å². The van der Waals surface area contributed by atoms with Crippen molar-refractivity contribution in [3.05, 3.63) is 77.4 Å². The van der Waals surface area contributed by atoms with Crippen LogP contribution in [0.1, 0.15) is 12.5 Å². The fraction of sp³-hybridized carbons (Fsp3) is 0.333. The van der Waals surface area contributed by atoms with Crippen LogP contribution < -0.4 is 4.90 Å². The van der Waals surface area contributed by atoms with Crippen LogP contribution in [0.25, 0.3) is 0 Å². The van der Waals surface area contributed by atoms with E-state index in [1.165, 1.54) is 34.2 Å². The van der Waals surface area contributed by atoms with Gasteiger partial charge in [-0.3, -0.25) is 0 Å². The molecule has 1 fully saturated rings. The van der Waals surface area contributed by atoms with Crippen LogP contribution in [0.5, 0.6) is 0 Å². The third kappa shape index (κ3) is 6.91. The van der Waals surface area contributed by atoms with Crippen molar-refractivity contribution in [2.45, 2.75) is 27.8 Å². The maximum absolute atomic E-state index is 12.9. The van der Waals surface area contributed by atoms with E-state index in [9.17, 15) is 22.7 Å². The Morgan fingerprint density at radius 1 is 0.912 bits per heavy atom. The molecule has 2 heterocycles. The fourth-order valence-corrected chi connectivity index (χ4v) is 5.57. The van der Waals surface area contributed by atoms with E-state index in [-0.39, 0.29) is 11.4 Å². The molecule has 4 rings (SSSR count). The lowest BCUT2D eigenvalue weighted by atomic mass is 9.95. The second-order valence-electron chi connectivity index (χ2n) is 7.69. The minimum absolute atomic E-state index is 0.134. The summed E-state index contributed by atoms with van der Waals surface area (Å²) in [6.07, 6.45) is -2.84. The number of alkyl halides is 3. The third-order valence-corrected chi connectivity index (χ3v) is 8.24. The van der Waals surface area contributed by atoms with Gasteiger partial charge >= 0.3 is 6.18 Å². The molecule has 0 bridgehead atoms. The van der Waals surface area contributed by atoms with Crippen LogP contribution >= 0.6 is 35.0 Å². The topological polar surface area (TPSA) is 26.7 Å². The van der Waals surface area contributed by atoms with Crippen molar-refractivity contribution in [1.29, 1.82) is 0 Å². The van der Waals surface area contributed by atoms with Crippen LogP contribution in [0, 0.1) is 5.82 Å². The maximum atomic E-state index is 12.9. The summed E-state index contributed by atoms with van der Waals surface area (Å²) in [5.74, 6) is -0.134. The number of halogens is 4. The van der Waals surface area contributed by atoms with Crippen molar-refractivity contribution >= 4 is 40.7 Å². The Labute approximate surface area is 209 Å². The normalized spacial score (nSPS) is 16.5. The van der Waals surface area contributed by atoms with Gasteiger partial charge in [-0.1, -0.05) is 30.3 Å². The van der Waals surface area contributed by atoms with E-state index in [0.29, 0.717) is 4.90 Å². The predicted octanol–water partition coefficient (Wildman–Crippen LogP) is 6.89. The van der Waals surface area contributed by atoms with Gasteiger partial charge in [-0.05, 0) is 66.4 Å². The summed E-state index contributed by atoms with van der Waals surface area (Å²) in [6, 6.07) is 16.9. The Morgan fingerprint density at radius 2 is 1.56 bits per heavy atom. The minimum Gasteiger partial charge on any atom is -0.376 e. The summed E-state index contributed by atoms with van der Waals surface area (Å²) >= 11 is 4.88. The minimum atomic E-state index is -4.70. The first-order chi connectivity index (χ1) is 16.1. The van der Waals surface area contributed by atoms with Crippen LogP contribution in [0.15, 0.2) is 75.1 Å². The average molecular weight is 531 g/mol. The number of anilines is 1. The lowest BCUT2D eigenvalue weighted by Crippen LogP contribution is -2.43. The molecule has 1 atom stereocenters. The van der Waals surface area contributed by atoms with Gasteiger partial charge in [-0.2, -0.15) is 13.2 Å². The van der Waals surface area contributed by atoms with Gasteiger partial charge in [0.25, 0.3) is 0 Å². The Bertz CT molecular complexity index is 1020. The second-order valence-corrected chi connectivity index (χ2v) is 10.9. The molecule has 3 nitrogen and oxygen atoms in total. The van der Waals surface area contributed by atoms with E-state index in [1.807, 2.05) is 18.4 Å². The molecule has 1 aliphatic heterocycles. The summed E-state index contributed by atoms with van der Waals surface area (Å²) < 4.78 is 54.8. The highest BCUT2D eigenvalue weighted by molar-refractivity contribution is 7.99. The molecular formula is C24H26F4N2OS3. The second kappa shape index (κ2) is 11.8. The van der Waals surface area contributed by atoms with Gasteiger partial charge in [0.1, 0.15) is 5.82 Å². The number of thiophene rings is 1. The van der Waals surface area contributed by atoms with Gasteiger partial charge in [-0.15, -0.1) is 23.1 Å². The molecule has 34 heavy (non-hydrogen) atoms. The van der Waals surface area contributed by atoms with Crippen molar-refractivity contribution in [2.24, 2.45) is 0 Å². The van der Waals surface area contributed by atoms with Crippen LogP contribution in [-0.4, -0.2) is 48.0 Å². The van der Waals surface area contributed by atoms with E-state index in [2.05, 4.69) is 20.7 Å². The van der Waals surface area contributed by atoms with Gasteiger partial charge < -0.3 is 10.0 Å². The predicted molar refractivity (Wildman–Crippen MR) is 134 cm³/mol. The van der Waals surface area contributed by atoms with Gasteiger partial charge in [0.15, 0.2) is 5.60 Å². The number of benzene rings is 2. The molecule has 0 saturated carbocycles. The smallest absolute Gasteiger partial charge is 0.376 e. The number of rotatable bonds is 5. The monoisotopic (exact) mass is 530 g/mol. The Kier molecular flexibility index (Phi) is 9.34. The SMILES string of the molecule is CC(O)(c1ccc(N2CCN(Sc3cccs3)CC2)cc1)C(F)(F)F.CSc1ccccc1F. The molecule has 0 amide bonds. The Balaban J connectivity index is 0.000000302. The van der Waals surface area contributed by atoms with Gasteiger partial charge in [0.2, 0.25) is 0 Å². The molecular weight excluding hydrogens is 504 g/mol. The number of thioether (sulfide) groups is 1. The van der Waals surface area contributed by atoms with Gasteiger partial charge in [-0.25, -0.2) is 8.70 Å². The molecule has 1 aliphatic rings. The molecule has 10 heteroatoms. The van der Waals surface area contributed by atoms with E-state index >= 15 is 0 Å². The van der Waals surface area contributed by atoms with Crippen molar-refractivity contribution in [3.63, 3.8) is 0 Å². The summed E-state index contributed by atoms with van der Waals surface area (Å²) in [4.78, 5) is 2.86. The lowest BCUT2D eigenvalue weighted by Gasteiger charge is -2.35. The first-order valence-corrected chi connectivity index (χ1v) is 13.4. The molecule has 0 aliphatic carbocycles. The zero-order valence-electron chi connectivity index (χ0n) is 18.8. The summed E-state index contributed by atoms with van der Waals surface area (Å²) in [7, 11) is 0. The molecule has 1 aromatic heterocycles. The molecule has 0 spiro atoms. The average Bonchev–Trinajstić information content (AvgIpc) is 3.33. The van der Waals surface area contributed by atoms with E-state index in [1.54, 1.807) is 47.6 Å². The Morgan fingerprint density at radius 3 is 2.06 bits per heavy atom. The largest absolute Gasteiger partial charge is 0.421 e. The first kappa shape index (κ1) is 26.9. The molecule has 0 radical (unpaired) electrons. The molecule has 1 unspecified atom stereocenters. The number of aliphatic hydroxyl groups is 1. The molecule has 3 aromatic rings. The standard InChI is InChI=1S/C17H19F3N2OS2.C7H7FS/c1-16(23,17(18,19)20)13-4-6-14(7-5-13)21-8-10-22(11-9-21)25-15-3-2-12-24-15;1-9-7-5-3-2-4-6(7)8/h2-7,12,23H,8-11H2,1H3;2-5H,1H3. The Hall–Kier alpha value is -1.72. The van der Waals surface area contributed by atoms with Crippen molar-refractivity contribution in [3.8, 4) is 0 Å². The summed E-state index contributed by atoms with van der Waals surface area (Å²) in [5, 5.41) is 11.8. The number of nitrogens with zero attached hydrogens (tertiary/aromatic N) is 2. The van der Waals surface area contributed by atoms with Crippen molar-refractivity contribution in [1.82, 2.24) is 4.31 Å². The van der Waals surface area contributed by atoms with Crippen LogP contribution in [0.2, 0.25) is 0 Å². The quantitative estimate of drug-likeness (QED) is 0.220. The van der Waals surface area contributed by atoms with E-state index in [4.69, 9.17) is 0 Å². The molecule has 184 valence electrons. The molecule has 2 aromatic carbocycles. The first-order valence-electron chi connectivity index (χ1n) is 10.5. The number of piperazine rings is 1. The lowest BCUT2D eigenvalue weighted by molar-refractivity contribution is -0.258. The van der Waals surface area contributed by atoms with E-state index in [0.717, 1.165) is 38.8 Å². The zero-order valence-corrected chi connectivity index (χ0v) is 21.2. The maximum Gasteiger partial charge on any atom is 0.421 e. The zero-order chi connectivity index (χ0) is 24.8. The molecule has 1 N–H and O–H groups in total. The van der Waals surface area contributed by atoms with Crippen LogP contribution in [-0.2, 0) is 5.60 Å². The highest BCUT2D eigenvalue weighted by Crippen LogP contribution is 2.39. The summed E-state index contributed by atoms with van der Waals surface area (Å²) in [6.45, 7) is 4.17. The van der Waals surface area contributed by atoms with Crippen LogP contribution in [0.4, 0.5) is 23.2 Å². The van der Waals surface area contributed by atoms with Crippen molar-refractivity contribution in [2.75, 3.05) is 37.3 Å². The number of hydrogen-bond donors (Lipinski definition) is 1. The van der Waals surface area contributed by atoms with Crippen molar-refractivity contribution < 1.29 is 22.7 Å². The number of hydrogen-bond acceptors (Lipinski definition) is 6. The van der Waals surface area contributed by atoms with Gasteiger partial charge in [0, 0.05) is 36.8 Å².